The Morgan fingerprint density at radius 2 is 2.00 bits per heavy atom. The molecule has 0 spiro atoms. The first-order valence-corrected chi connectivity index (χ1v) is 8.19. The van der Waals surface area contributed by atoms with Gasteiger partial charge in [0.05, 0.1) is 11.7 Å². The van der Waals surface area contributed by atoms with E-state index in [1.54, 1.807) is 14.0 Å². The molecule has 0 saturated heterocycles. The molecule has 0 fully saturated rings. The summed E-state index contributed by atoms with van der Waals surface area (Å²) in [5.41, 5.74) is 0.442. The zero-order valence-electron chi connectivity index (χ0n) is 13.3. The molecule has 0 unspecified atom stereocenters. The van der Waals surface area contributed by atoms with E-state index in [9.17, 15) is 9.59 Å². The molecule has 0 aliphatic rings. The fourth-order valence-corrected chi connectivity index (χ4v) is 3.31. The van der Waals surface area contributed by atoms with Crippen LogP contribution in [0.3, 0.4) is 0 Å². The Balaban J connectivity index is 1.67. The molecule has 0 amide bonds. The number of fused-ring (bicyclic) bond motifs is 1. The Morgan fingerprint density at radius 3 is 2.75 bits per heavy atom. The molecule has 7 heteroatoms. The van der Waals surface area contributed by atoms with E-state index in [-0.39, 0.29) is 18.8 Å². The van der Waals surface area contributed by atoms with E-state index in [0.29, 0.717) is 20.7 Å². The lowest BCUT2D eigenvalue weighted by atomic mass is 10.2. The van der Waals surface area contributed by atoms with E-state index in [2.05, 4.69) is 4.98 Å². The number of rotatable bonds is 5. The van der Waals surface area contributed by atoms with Crippen molar-refractivity contribution in [1.29, 1.82) is 0 Å². The summed E-state index contributed by atoms with van der Waals surface area (Å²) in [6.07, 6.45) is 1.45. The predicted molar refractivity (Wildman–Crippen MR) is 91.8 cm³/mol. The molecule has 124 valence electrons. The molecular weight excluding hydrogens is 328 g/mol. The second-order valence-electron chi connectivity index (χ2n) is 5.19. The highest BCUT2D eigenvalue weighted by atomic mass is 32.1. The van der Waals surface area contributed by atoms with Crippen LogP contribution >= 0.6 is 11.3 Å². The van der Waals surface area contributed by atoms with Gasteiger partial charge < -0.3 is 14.0 Å². The molecule has 0 N–H and O–H groups in total. The zero-order chi connectivity index (χ0) is 17.1. The van der Waals surface area contributed by atoms with Crippen LogP contribution in [0.1, 0.15) is 15.2 Å². The number of ether oxygens (including phenoxy) is 2. The van der Waals surface area contributed by atoms with Gasteiger partial charge in [-0.1, -0.05) is 18.2 Å². The molecule has 3 rings (SSSR count). The normalized spacial score (nSPS) is 10.8. The third-order valence-electron chi connectivity index (χ3n) is 3.52. The summed E-state index contributed by atoms with van der Waals surface area (Å²) in [5.74, 6) is 0.258. The van der Waals surface area contributed by atoms with Crippen LogP contribution in [0.4, 0.5) is 0 Å². The molecule has 0 bridgehead atoms. The van der Waals surface area contributed by atoms with Gasteiger partial charge in [-0.3, -0.25) is 4.79 Å². The maximum atomic E-state index is 12.2. The summed E-state index contributed by atoms with van der Waals surface area (Å²) in [6.45, 7) is 2.13. The highest BCUT2D eigenvalue weighted by molar-refractivity contribution is 7.20. The lowest BCUT2D eigenvalue weighted by molar-refractivity contribution is 0.0455. The molecule has 0 aliphatic carbocycles. The van der Waals surface area contributed by atoms with Gasteiger partial charge in [-0.05, 0) is 24.6 Å². The quantitative estimate of drug-likeness (QED) is 0.525. The van der Waals surface area contributed by atoms with Gasteiger partial charge >= 0.3 is 5.97 Å². The monoisotopic (exact) mass is 344 g/mol. The maximum absolute atomic E-state index is 12.2. The van der Waals surface area contributed by atoms with Crippen LogP contribution in [0.5, 0.6) is 5.75 Å². The van der Waals surface area contributed by atoms with Crippen LogP contribution in [0, 0.1) is 6.92 Å². The molecule has 0 radical (unpaired) electrons. The molecule has 2 heterocycles. The minimum atomic E-state index is -0.464. The number of para-hydroxylation sites is 1. The Morgan fingerprint density at radius 1 is 1.25 bits per heavy atom. The number of thiophene rings is 1. The molecule has 0 saturated carbocycles. The van der Waals surface area contributed by atoms with Gasteiger partial charge in [-0.15, -0.1) is 11.3 Å². The molecule has 2 aromatic heterocycles. The first-order chi connectivity index (χ1) is 11.6. The third-order valence-corrected chi connectivity index (χ3v) is 4.70. The average molecular weight is 344 g/mol. The van der Waals surface area contributed by atoms with Crippen LogP contribution in [0.15, 0.2) is 41.5 Å². The molecule has 24 heavy (non-hydrogen) atoms. The van der Waals surface area contributed by atoms with Gasteiger partial charge in [0.15, 0.2) is 0 Å². The first kappa shape index (κ1) is 16.2. The number of hydrogen-bond acceptors (Lipinski definition) is 6. The van der Waals surface area contributed by atoms with E-state index in [4.69, 9.17) is 9.47 Å². The van der Waals surface area contributed by atoms with Crippen LogP contribution < -0.4 is 10.3 Å². The standard InChI is InChI=1S/C17H16N2O4S/c1-11-13-15(18-10-19(2)16(13)20)24-14(11)17(21)23-9-8-22-12-6-4-3-5-7-12/h3-7,10H,8-9H2,1-2H3. The molecule has 3 aromatic rings. The van der Waals surface area contributed by atoms with Crippen LogP contribution in [-0.2, 0) is 11.8 Å². The Kier molecular flexibility index (Phi) is 4.61. The van der Waals surface area contributed by atoms with Crippen molar-refractivity contribution in [2.75, 3.05) is 13.2 Å². The zero-order valence-corrected chi connectivity index (χ0v) is 14.1. The second kappa shape index (κ2) is 6.84. The molecule has 0 atom stereocenters. The number of aryl methyl sites for hydroxylation is 2. The number of carbonyl (C=O) groups is 1. The SMILES string of the molecule is Cc1c(C(=O)OCCOc2ccccc2)sc2ncn(C)c(=O)c12. The van der Waals surface area contributed by atoms with Crippen molar-refractivity contribution in [3.63, 3.8) is 0 Å². The van der Waals surface area contributed by atoms with Crippen molar-refractivity contribution in [3.05, 3.63) is 57.5 Å². The fourth-order valence-electron chi connectivity index (χ4n) is 2.28. The van der Waals surface area contributed by atoms with E-state index >= 15 is 0 Å². The minimum absolute atomic E-state index is 0.132. The second-order valence-corrected chi connectivity index (χ2v) is 6.19. The van der Waals surface area contributed by atoms with E-state index in [0.717, 1.165) is 5.75 Å². The highest BCUT2D eigenvalue weighted by Crippen LogP contribution is 2.27. The summed E-state index contributed by atoms with van der Waals surface area (Å²) >= 11 is 1.17. The summed E-state index contributed by atoms with van der Waals surface area (Å²) < 4.78 is 12.1. The topological polar surface area (TPSA) is 70.4 Å². The summed E-state index contributed by atoms with van der Waals surface area (Å²) in [7, 11) is 1.63. The van der Waals surface area contributed by atoms with Crippen molar-refractivity contribution in [1.82, 2.24) is 9.55 Å². The molecular formula is C17H16N2O4S. The van der Waals surface area contributed by atoms with Gasteiger partial charge in [0.25, 0.3) is 5.56 Å². The molecule has 0 aliphatic heterocycles. The lowest BCUT2D eigenvalue weighted by Gasteiger charge is -2.06. The van der Waals surface area contributed by atoms with Gasteiger partial charge in [0.2, 0.25) is 0 Å². The lowest BCUT2D eigenvalue weighted by Crippen LogP contribution is -2.17. The van der Waals surface area contributed by atoms with Gasteiger partial charge in [-0.2, -0.15) is 0 Å². The maximum Gasteiger partial charge on any atom is 0.348 e. The Hall–Kier alpha value is -2.67. The number of benzene rings is 1. The van der Waals surface area contributed by atoms with Crippen LogP contribution in [0.2, 0.25) is 0 Å². The largest absolute Gasteiger partial charge is 0.490 e. The number of carbonyl (C=O) groups excluding carboxylic acids is 1. The first-order valence-electron chi connectivity index (χ1n) is 7.37. The van der Waals surface area contributed by atoms with Crippen molar-refractivity contribution in [3.8, 4) is 5.75 Å². The van der Waals surface area contributed by atoms with Crippen molar-refractivity contribution in [2.45, 2.75) is 6.92 Å². The predicted octanol–water partition coefficient (Wildman–Crippen LogP) is 2.54. The number of nitrogens with zero attached hydrogens (tertiary/aromatic N) is 2. The van der Waals surface area contributed by atoms with Crippen LogP contribution in [0.25, 0.3) is 10.2 Å². The Labute approximate surface area is 142 Å². The average Bonchev–Trinajstić information content (AvgIpc) is 2.93. The highest BCUT2D eigenvalue weighted by Gasteiger charge is 2.20. The number of esters is 1. The van der Waals surface area contributed by atoms with E-state index in [1.807, 2.05) is 30.3 Å². The summed E-state index contributed by atoms with van der Waals surface area (Å²) in [6, 6.07) is 9.30. The van der Waals surface area contributed by atoms with Crippen molar-refractivity contribution >= 4 is 27.5 Å². The van der Waals surface area contributed by atoms with Crippen LogP contribution in [-0.4, -0.2) is 28.7 Å². The minimum Gasteiger partial charge on any atom is -0.490 e. The fraction of sp³-hybridized carbons (Fsp3) is 0.235. The van der Waals surface area contributed by atoms with Gasteiger partial charge in [-0.25, -0.2) is 9.78 Å². The third kappa shape index (κ3) is 3.16. The van der Waals surface area contributed by atoms with Gasteiger partial charge in [0, 0.05) is 7.05 Å². The van der Waals surface area contributed by atoms with Gasteiger partial charge in [0.1, 0.15) is 28.7 Å². The number of aromatic nitrogens is 2. The Bertz CT molecular complexity index is 931. The smallest absolute Gasteiger partial charge is 0.348 e. The number of hydrogen-bond donors (Lipinski definition) is 0. The van der Waals surface area contributed by atoms with E-state index in [1.165, 1.54) is 22.2 Å². The van der Waals surface area contributed by atoms with Crippen molar-refractivity contribution < 1.29 is 14.3 Å². The van der Waals surface area contributed by atoms with E-state index < -0.39 is 5.97 Å². The van der Waals surface area contributed by atoms with Crippen molar-refractivity contribution in [2.24, 2.45) is 7.05 Å². The molecule has 6 nitrogen and oxygen atoms in total. The summed E-state index contributed by atoms with van der Waals surface area (Å²) in [5, 5.41) is 0.470. The summed E-state index contributed by atoms with van der Waals surface area (Å²) in [4.78, 5) is 29.5. The molecule has 1 aromatic carbocycles.